The van der Waals surface area contributed by atoms with Crippen molar-refractivity contribution in [3.8, 4) is 11.5 Å². The van der Waals surface area contributed by atoms with Crippen molar-refractivity contribution in [1.82, 2.24) is 0 Å². The fraction of sp³-hybridized carbons (Fsp3) is 0.128. The van der Waals surface area contributed by atoms with Gasteiger partial charge in [0.25, 0.3) is 0 Å². The summed E-state index contributed by atoms with van der Waals surface area (Å²) in [6, 6.07) is 29.7. The Kier molecular flexibility index (Phi) is 11.7. The quantitative estimate of drug-likeness (QED) is 0.0314. The number of Topliss-reactive ketones (excluding diaryl/α,β-unsaturated/α-hetero) is 1. The Hall–Kier alpha value is -5.82. The molecule has 7 heteroatoms. The molecule has 0 amide bonds. The normalized spacial score (nSPS) is 10.3. The number of unbranched alkanes of at least 4 members (excludes halogenated alkanes) is 2. The van der Waals surface area contributed by atoms with Crippen molar-refractivity contribution in [2.45, 2.75) is 32.1 Å². The molecule has 0 bridgehead atoms. The lowest BCUT2D eigenvalue weighted by Crippen LogP contribution is -2.13. The molecule has 0 spiro atoms. The van der Waals surface area contributed by atoms with Crippen molar-refractivity contribution >= 4 is 40.6 Å². The summed E-state index contributed by atoms with van der Waals surface area (Å²) in [6.07, 6.45) is 8.30. The van der Waals surface area contributed by atoms with Crippen LogP contribution in [0.25, 0.3) is 0 Å². The average Bonchev–Trinajstić information content (AvgIpc) is 3.09. The van der Waals surface area contributed by atoms with Gasteiger partial charge in [-0.1, -0.05) is 50.4 Å². The zero-order valence-electron chi connectivity index (χ0n) is 25.5. The van der Waals surface area contributed by atoms with E-state index in [1.807, 2.05) is 41.3 Å². The number of hydrogen-bond donors (Lipinski definition) is 0. The molecule has 4 aromatic carbocycles. The van der Waals surface area contributed by atoms with Gasteiger partial charge in [-0.2, -0.15) is 0 Å². The number of benzene rings is 4. The average molecular weight is 614 g/mol. The summed E-state index contributed by atoms with van der Waals surface area (Å²) in [5, 5.41) is 0. The molecule has 7 nitrogen and oxygen atoms in total. The molecule has 0 aliphatic carbocycles. The van der Waals surface area contributed by atoms with Crippen LogP contribution in [-0.2, 0) is 27.2 Å². The Morgan fingerprint density at radius 3 is 1.35 bits per heavy atom. The lowest BCUT2D eigenvalue weighted by Gasteiger charge is -2.26. The lowest BCUT2D eigenvalue weighted by molar-refractivity contribution is -0.129. The summed E-state index contributed by atoms with van der Waals surface area (Å²) in [7, 11) is 0. The molecule has 0 heterocycles. The number of hydrogen-bond acceptors (Lipinski definition) is 7. The molecule has 0 aliphatic rings. The summed E-state index contributed by atoms with van der Waals surface area (Å²) in [5.41, 5.74) is 5.16. The van der Waals surface area contributed by atoms with Gasteiger partial charge in [0.05, 0.1) is 0 Å². The van der Waals surface area contributed by atoms with Crippen LogP contribution in [0, 0.1) is 0 Å². The van der Waals surface area contributed by atoms with Crippen LogP contribution in [-0.4, -0.2) is 23.5 Å². The first-order valence-corrected chi connectivity index (χ1v) is 14.9. The number of aryl methyl sites for hydroxylation is 2. The third-order valence-corrected chi connectivity index (χ3v) is 7.21. The fourth-order valence-corrected chi connectivity index (χ4v) is 4.79. The van der Waals surface area contributed by atoms with E-state index >= 15 is 0 Å². The largest absolute Gasteiger partial charge is 0.423 e. The van der Waals surface area contributed by atoms with Crippen LogP contribution in [0.3, 0.4) is 0 Å². The zero-order chi connectivity index (χ0) is 32.9. The minimum atomic E-state index is -0.660. The molecule has 0 saturated carbocycles. The van der Waals surface area contributed by atoms with E-state index in [2.05, 4.69) is 31.9 Å². The molecule has 0 aliphatic heterocycles. The summed E-state index contributed by atoms with van der Waals surface area (Å²) >= 11 is 0. The van der Waals surface area contributed by atoms with Gasteiger partial charge in [0, 0.05) is 34.8 Å². The van der Waals surface area contributed by atoms with Crippen LogP contribution < -0.4 is 14.4 Å². The van der Waals surface area contributed by atoms with E-state index in [0.717, 1.165) is 67.4 Å². The molecular formula is C39H35NO6. The van der Waals surface area contributed by atoms with E-state index in [-0.39, 0.29) is 5.56 Å². The number of ketones is 2. The van der Waals surface area contributed by atoms with E-state index in [1.54, 1.807) is 48.5 Å². The predicted octanol–water partition coefficient (Wildman–Crippen LogP) is 8.23. The zero-order valence-corrected chi connectivity index (χ0v) is 25.5. The number of rotatable bonds is 16. The van der Waals surface area contributed by atoms with E-state index in [4.69, 9.17) is 9.47 Å². The molecule has 4 rings (SSSR count). The Balaban J connectivity index is 1.42. The fourth-order valence-electron chi connectivity index (χ4n) is 4.79. The number of carbonyl (C=O) groups excluding carboxylic acids is 4. The van der Waals surface area contributed by atoms with Gasteiger partial charge in [-0.05, 0) is 116 Å². The van der Waals surface area contributed by atoms with Crippen molar-refractivity contribution in [2.75, 3.05) is 4.90 Å². The van der Waals surface area contributed by atoms with E-state index in [1.165, 1.54) is 11.1 Å². The van der Waals surface area contributed by atoms with Crippen LogP contribution in [0.2, 0.25) is 0 Å². The summed E-state index contributed by atoms with van der Waals surface area (Å²) in [5.74, 6) is -1.40. The number of allylic oxidation sites excluding steroid dienone is 1. The van der Waals surface area contributed by atoms with Gasteiger partial charge in [-0.3, -0.25) is 9.59 Å². The molecule has 0 radical (unpaired) electrons. The van der Waals surface area contributed by atoms with Crippen LogP contribution in [0.15, 0.2) is 135 Å². The van der Waals surface area contributed by atoms with Crippen molar-refractivity contribution < 1.29 is 28.7 Å². The van der Waals surface area contributed by atoms with E-state index in [9.17, 15) is 19.2 Å². The summed E-state index contributed by atoms with van der Waals surface area (Å²) < 4.78 is 10.4. The van der Waals surface area contributed by atoms with Crippen molar-refractivity contribution in [3.05, 3.63) is 152 Å². The smallest absolute Gasteiger partial charge is 0.335 e. The summed E-state index contributed by atoms with van der Waals surface area (Å²) in [4.78, 5) is 49.1. The molecule has 0 unspecified atom stereocenters. The molecule has 0 N–H and O–H groups in total. The predicted molar refractivity (Wildman–Crippen MR) is 180 cm³/mol. The molecule has 0 aromatic heterocycles. The standard InChI is InChI=1S/C39H35NO6/c1-4-36(41)39(44)30-16-20-32(21-17-30)40(33-22-26-35(27-23-33)46-38(43)6-3)31-18-12-28(13-19-31)10-8-7-9-11-29-14-24-34(25-15-29)45-37(42)5-2/h4-6,12-27H,1-3,7-11H2. The number of carbonyl (C=O) groups is 4. The number of esters is 2. The van der Waals surface area contributed by atoms with Gasteiger partial charge < -0.3 is 14.4 Å². The van der Waals surface area contributed by atoms with Crippen molar-refractivity contribution in [3.63, 3.8) is 0 Å². The van der Waals surface area contributed by atoms with Gasteiger partial charge in [0.1, 0.15) is 11.5 Å². The van der Waals surface area contributed by atoms with Gasteiger partial charge in [-0.15, -0.1) is 0 Å². The Bertz CT molecular complexity index is 1700. The second kappa shape index (κ2) is 16.3. The van der Waals surface area contributed by atoms with Crippen LogP contribution in [0.4, 0.5) is 17.1 Å². The maximum atomic E-state index is 12.3. The molecular weight excluding hydrogens is 578 g/mol. The van der Waals surface area contributed by atoms with E-state index in [0.29, 0.717) is 11.5 Å². The monoisotopic (exact) mass is 613 g/mol. The minimum Gasteiger partial charge on any atom is -0.423 e. The molecule has 4 aromatic rings. The first kappa shape index (κ1) is 33.1. The van der Waals surface area contributed by atoms with Crippen molar-refractivity contribution in [2.24, 2.45) is 0 Å². The third kappa shape index (κ3) is 9.09. The maximum Gasteiger partial charge on any atom is 0.335 e. The molecule has 0 fully saturated rings. The first-order valence-electron chi connectivity index (χ1n) is 14.9. The number of nitrogens with zero attached hydrogens (tertiary/aromatic N) is 1. The van der Waals surface area contributed by atoms with Crippen LogP contribution >= 0.6 is 0 Å². The minimum absolute atomic E-state index is 0.279. The highest BCUT2D eigenvalue weighted by Gasteiger charge is 2.16. The first-order chi connectivity index (χ1) is 22.3. The Labute approximate surface area is 269 Å². The van der Waals surface area contributed by atoms with Gasteiger partial charge in [0.2, 0.25) is 11.6 Å². The second-order valence-electron chi connectivity index (χ2n) is 10.4. The van der Waals surface area contributed by atoms with Crippen LogP contribution in [0.5, 0.6) is 11.5 Å². The number of ether oxygens (including phenoxy) is 2. The molecule has 0 atom stereocenters. The van der Waals surface area contributed by atoms with Gasteiger partial charge >= 0.3 is 11.9 Å². The SMILES string of the molecule is C=CC(=O)Oc1ccc(CCCCCc2ccc(N(c3ccc(OC(=O)C=C)cc3)c3ccc(C(=O)C(=O)C=C)cc3)cc2)cc1. The highest BCUT2D eigenvalue weighted by Crippen LogP contribution is 2.36. The Morgan fingerprint density at radius 1 is 0.522 bits per heavy atom. The van der Waals surface area contributed by atoms with Crippen LogP contribution in [0.1, 0.15) is 40.7 Å². The van der Waals surface area contributed by atoms with E-state index < -0.39 is 23.5 Å². The Morgan fingerprint density at radius 2 is 0.913 bits per heavy atom. The third-order valence-electron chi connectivity index (χ3n) is 7.21. The number of anilines is 3. The van der Waals surface area contributed by atoms with Crippen molar-refractivity contribution in [1.29, 1.82) is 0 Å². The molecule has 46 heavy (non-hydrogen) atoms. The molecule has 0 saturated heterocycles. The maximum absolute atomic E-state index is 12.3. The summed E-state index contributed by atoms with van der Waals surface area (Å²) in [6.45, 7) is 10.2. The topological polar surface area (TPSA) is 90.0 Å². The lowest BCUT2D eigenvalue weighted by atomic mass is 10.0. The second-order valence-corrected chi connectivity index (χ2v) is 10.4. The highest BCUT2D eigenvalue weighted by atomic mass is 16.5. The van der Waals surface area contributed by atoms with Gasteiger partial charge in [0.15, 0.2) is 0 Å². The highest BCUT2D eigenvalue weighted by molar-refractivity contribution is 6.47. The van der Waals surface area contributed by atoms with Gasteiger partial charge in [-0.25, -0.2) is 9.59 Å². The molecule has 232 valence electrons.